The van der Waals surface area contributed by atoms with Crippen LogP contribution in [0.15, 0.2) is 10.6 Å². The number of rotatable bonds is 13. The lowest BCUT2D eigenvalue weighted by molar-refractivity contribution is -0.134. The number of epoxide rings is 1. The first-order valence-electron chi connectivity index (χ1n) is 10.6. The van der Waals surface area contributed by atoms with E-state index in [1.807, 2.05) is 13.8 Å². The number of ketones is 1. The molecule has 4 N–H and O–H groups in total. The Hall–Kier alpha value is -2.83. The van der Waals surface area contributed by atoms with Crippen molar-refractivity contribution in [3.8, 4) is 0 Å². The minimum atomic E-state index is -1.35. The molecule has 0 saturated carbocycles. The van der Waals surface area contributed by atoms with Crippen LogP contribution >= 0.6 is 0 Å². The predicted molar refractivity (Wildman–Crippen MR) is 114 cm³/mol. The number of carbonyl (C=O) groups excluding carboxylic acids is 4. The van der Waals surface area contributed by atoms with Crippen LogP contribution in [0.5, 0.6) is 0 Å². The molecule has 0 spiro atoms. The van der Waals surface area contributed by atoms with Gasteiger partial charge in [-0.25, -0.2) is 0 Å². The van der Waals surface area contributed by atoms with E-state index < -0.39 is 48.1 Å². The van der Waals surface area contributed by atoms with Crippen molar-refractivity contribution in [1.82, 2.24) is 21.1 Å². The molecule has 3 unspecified atom stereocenters. The Morgan fingerprint density at radius 1 is 1.15 bits per heavy atom. The highest BCUT2D eigenvalue weighted by Gasteiger charge is 2.50. The van der Waals surface area contributed by atoms with E-state index in [2.05, 4.69) is 21.1 Å². The summed E-state index contributed by atoms with van der Waals surface area (Å²) in [5, 5.41) is 20.7. The number of amides is 3. The molecular formula is C21H32N4O8. The zero-order chi connectivity index (χ0) is 24.8. The van der Waals surface area contributed by atoms with Gasteiger partial charge in [0, 0.05) is 13.2 Å². The molecule has 2 heterocycles. The van der Waals surface area contributed by atoms with Crippen LogP contribution in [-0.4, -0.2) is 84.4 Å². The Kier molecular flexibility index (Phi) is 9.08. The molecule has 1 fully saturated rings. The Bertz CT molecular complexity index is 864. The first-order valence-corrected chi connectivity index (χ1v) is 10.6. The molecule has 0 radical (unpaired) electrons. The van der Waals surface area contributed by atoms with Crippen LogP contribution in [0.3, 0.4) is 0 Å². The minimum absolute atomic E-state index is 0.0244. The van der Waals surface area contributed by atoms with Crippen LogP contribution in [0.4, 0.5) is 0 Å². The molecule has 3 amide bonds. The number of hydrogen-bond acceptors (Lipinski definition) is 9. The summed E-state index contributed by atoms with van der Waals surface area (Å²) in [6, 6.07) is -1.95. The number of carbonyl (C=O) groups is 4. The van der Waals surface area contributed by atoms with Gasteiger partial charge in [0.1, 0.15) is 23.4 Å². The fourth-order valence-electron chi connectivity index (χ4n) is 3.12. The van der Waals surface area contributed by atoms with Crippen LogP contribution in [0.25, 0.3) is 0 Å². The van der Waals surface area contributed by atoms with Gasteiger partial charge < -0.3 is 35.1 Å². The average molecular weight is 469 g/mol. The maximum atomic E-state index is 12.8. The summed E-state index contributed by atoms with van der Waals surface area (Å²) in [5.74, 6) is -1.91. The number of nitrogens with zero attached hydrogens (tertiary/aromatic N) is 1. The summed E-state index contributed by atoms with van der Waals surface area (Å²) < 4.78 is 15.0. The molecule has 0 aliphatic carbocycles. The van der Waals surface area contributed by atoms with Gasteiger partial charge in [0.25, 0.3) is 5.91 Å². The van der Waals surface area contributed by atoms with Gasteiger partial charge in [-0.1, -0.05) is 19.0 Å². The van der Waals surface area contributed by atoms with Crippen LogP contribution < -0.4 is 16.0 Å². The molecule has 1 saturated heterocycles. The number of nitrogens with one attached hydrogen (secondary N) is 3. The van der Waals surface area contributed by atoms with Crippen molar-refractivity contribution in [3.05, 3.63) is 17.5 Å². The number of aryl methyl sites for hydroxylation is 1. The van der Waals surface area contributed by atoms with E-state index in [0.717, 1.165) is 0 Å². The maximum Gasteiger partial charge on any atom is 0.274 e. The van der Waals surface area contributed by atoms with Gasteiger partial charge in [-0.3, -0.25) is 19.2 Å². The van der Waals surface area contributed by atoms with Crippen LogP contribution in [0.1, 0.15) is 43.4 Å². The molecule has 0 bridgehead atoms. The summed E-state index contributed by atoms with van der Waals surface area (Å²) in [6.45, 7) is 6.43. The molecular weight excluding hydrogens is 436 g/mol. The summed E-state index contributed by atoms with van der Waals surface area (Å²) in [4.78, 5) is 50.5. The van der Waals surface area contributed by atoms with Crippen LogP contribution in [0.2, 0.25) is 0 Å². The Morgan fingerprint density at radius 2 is 1.76 bits per heavy atom. The smallest absolute Gasteiger partial charge is 0.274 e. The maximum absolute atomic E-state index is 12.8. The number of hydrogen-bond donors (Lipinski definition) is 4. The molecule has 4 atom stereocenters. The van der Waals surface area contributed by atoms with E-state index in [-0.39, 0.29) is 30.6 Å². The third kappa shape index (κ3) is 7.34. The molecule has 1 aliphatic heterocycles. The molecule has 12 heteroatoms. The summed E-state index contributed by atoms with van der Waals surface area (Å²) >= 11 is 0. The van der Waals surface area contributed by atoms with Crippen molar-refractivity contribution >= 4 is 23.5 Å². The second-order valence-electron chi connectivity index (χ2n) is 8.62. The summed E-state index contributed by atoms with van der Waals surface area (Å²) in [7, 11) is 1.34. The molecule has 1 aromatic heterocycles. The fraction of sp³-hybridized carbons (Fsp3) is 0.667. The first kappa shape index (κ1) is 26.4. The van der Waals surface area contributed by atoms with E-state index in [4.69, 9.17) is 14.0 Å². The second kappa shape index (κ2) is 11.3. The third-order valence-corrected chi connectivity index (χ3v) is 5.07. The van der Waals surface area contributed by atoms with E-state index in [0.29, 0.717) is 12.2 Å². The second-order valence-corrected chi connectivity index (χ2v) is 8.62. The largest absolute Gasteiger partial charge is 0.394 e. The third-order valence-electron chi connectivity index (χ3n) is 5.07. The van der Waals surface area contributed by atoms with Gasteiger partial charge in [-0.15, -0.1) is 0 Å². The van der Waals surface area contributed by atoms with Crippen molar-refractivity contribution in [3.63, 3.8) is 0 Å². The van der Waals surface area contributed by atoms with Crippen molar-refractivity contribution in [2.45, 2.75) is 57.8 Å². The lowest BCUT2D eigenvalue weighted by Crippen LogP contribution is -2.58. The van der Waals surface area contributed by atoms with E-state index in [1.165, 1.54) is 13.2 Å². The molecule has 2 rings (SSSR count). The number of aliphatic hydroxyl groups excluding tert-OH is 1. The highest BCUT2D eigenvalue weighted by Crippen LogP contribution is 2.29. The van der Waals surface area contributed by atoms with Gasteiger partial charge in [-0.2, -0.15) is 0 Å². The Labute approximate surface area is 191 Å². The van der Waals surface area contributed by atoms with E-state index in [9.17, 15) is 24.3 Å². The highest BCUT2D eigenvalue weighted by molar-refractivity contribution is 5.99. The minimum Gasteiger partial charge on any atom is -0.394 e. The van der Waals surface area contributed by atoms with Crippen molar-refractivity contribution < 1.29 is 38.3 Å². The number of methoxy groups -OCH3 is 1. The summed E-state index contributed by atoms with van der Waals surface area (Å²) in [5.41, 5.74) is -0.957. The van der Waals surface area contributed by atoms with E-state index >= 15 is 0 Å². The van der Waals surface area contributed by atoms with Gasteiger partial charge in [0.2, 0.25) is 11.8 Å². The molecule has 0 aromatic carbocycles. The zero-order valence-electron chi connectivity index (χ0n) is 19.5. The monoisotopic (exact) mass is 468 g/mol. The van der Waals surface area contributed by atoms with Crippen molar-refractivity contribution in [1.29, 1.82) is 0 Å². The fourth-order valence-corrected chi connectivity index (χ4v) is 3.12. The quantitative estimate of drug-likeness (QED) is 0.267. The zero-order valence-corrected chi connectivity index (χ0v) is 19.5. The number of aromatic nitrogens is 1. The standard InChI is InChI=1S/C21H32N4O8/c1-11(2)6-13(17(27)21(4)10-32-21)22-19(29)15(8-26)23-20(30)16(9-31-5)24-18(28)14-7-12(3)33-25-14/h7,11,13,15-16,26H,6,8-10H2,1-5H3,(H,22,29)(H,23,30)(H,24,28)/t13?,15-,16?,21?/m0/s1. The molecule has 1 aliphatic rings. The number of aliphatic hydroxyl groups is 1. The molecule has 12 nitrogen and oxygen atoms in total. The first-order chi connectivity index (χ1) is 15.5. The van der Waals surface area contributed by atoms with Gasteiger partial charge in [0.05, 0.1) is 25.9 Å². The lowest BCUT2D eigenvalue weighted by atomic mass is 9.93. The van der Waals surface area contributed by atoms with Crippen LogP contribution in [0, 0.1) is 12.8 Å². The lowest BCUT2D eigenvalue weighted by Gasteiger charge is -2.25. The molecule has 1 aromatic rings. The van der Waals surface area contributed by atoms with Gasteiger partial charge in [0.15, 0.2) is 11.5 Å². The summed E-state index contributed by atoms with van der Waals surface area (Å²) in [6.07, 6.45) is 0.370. The van der Waals surface area contributed by atoms with Gasteiger partial charge >= 0.3 is 0 Å². The average Bonchev–Trinajstić information content (AvgIpc) is 3.35. The normalized spacial score (nSPS) is 20.0. The predicted octanol–water partition coefficient (Wildman–Crippen LogP) is -0.906. The van der Waals surface area contributed by atoms with Crippen molar-refractivity contribution in [2.24, 2.45) is 5.92 Å². The Morgan fingerprint density at radius 3 is 2.24 bits per heavy atom. The topological polar surface area (TPSA) is 172 Å². The van der Waals surface area contributed by atoms with Crippen LogP contribution in [-0.2, 0) is 23.9 Å². The Balaban J connectivity index is 2.04. The highest BCUT2D eigenvalue weighted by atomic mass is 16.6. The van der Waals surface area contributed by atoms with Gasteiger partial charge in [-0.05, 0) is 26.2 Å². The number of ether oxygens (including phenoxy) is 2. The number of Topliss-reactive ketones (excluding diaryl/α,β-unsaturated/α-hetero) is 1. The van der Waals surface area contributed by atoms with Crippen molar-refractivity contribution in [2.75, 3.05) is 26.9 Å². The molecule has 184 valence electrons. The molecule has 33 heavy (non-hydrogen) atoms. The SMILES string of the molecule is COCC(NC(=O)c1cc(C)on1)C(=O)N[C@@H](CO)C(=O)NC(CC(C)C)C(=O)C1(C)CO1. The van der Waals surface area contributed by atoms with E-state index in [1.54, 1.807) is 13.8 Å².